The standard InChI is InChI=1S/C37H23BN2O/c1-22-21-26-25-13-4-8-18-31(25)40-32-19-9-5-14-27(32)38-28-15-10-20-33(37(28)41-36(22)34(38)35(26)40)39-29-16-6-2-11-23(29)24-12-3-7-17-30(24)39/h2-21H,1H3. The summed E-state index contributed by atoms with van der Waals surface area (Å²) in [5.74, 6) is 1.93. The van der Waals surface area contributed by atoms with Gasteiger partial charge in [-0.1, -0.05) is 84.9 Å². The third-order valence-electron chi connectivity index (χ3n) is 9.27. The highest BCUT2D eigenvalue weighted by Crippen LogP contribution is 2.42. The lowest BCUT2D eigenvalue weighted by atomic mass is 9.34. The lowest BCUT2D eigenvalue weighted by Crippen LogP contribution is -2.58. The van der Waals surface area contributed by atoms with Crippen molar-refractivity contribution in [2.24, 2.45) is 0 Å². The van der Waals surface area contributed by atoms with Crippen LogP contribution < -0.4 is 21.1 Å². The Kier molecular flexibility index (Phi) is 3.95. The van der Waals surface area contributed by atoms with Gasteiger partial charge >= 0.3 is 0 Å². The number of aryl methyl sites for hydroxylation is 1. The summed E-state index contributed by atoms with van der Waals surface area (Å²) in [5.41, 5.74) is 12.2. The van der Waals surface area contributed by atoms with E-state index in [0.29, 0.717) is 0 Å². The molecule has 0 N–H and O–H groups in total. The number of hydrogen-bond acceptors (Lipinski definition) is 1. The molecule has 4 heterocycles. The summed E-state index contributed by atoms with van der Waals surface area (Å²) in [6.45, 7) is 2.28. The lowest BCUT2D eigenvalue weighted by Gasteiger charge is -2.34. The smallest absolute Gasteiger partial charge is 0.256 e. The number of aromatic nitrogens is 2. The molecule has 190 valence electrons. The van der Waals surface area contributed by atoms with Crippen molar-refractivity contribution in [3.8, 4) is 22.9 Å². The van der Waals surface area contributed by atoms with Crippen LogP contribution in [0.15, 0.2) is 121 Å². The Morgan fingerprint density at radius 1 is 0.512 bits per heavy atom. The number of hydrogen-bond donors (Lipinski definition) is 0. The van der Waals surface area contributed by atoms with E-state index in [2.05, 4.69) is 137 Å². The quantitative estimate of drug-likeness (QED) is 0.210. The van der Waals surface area contributed by atoms with Crippen LogP contribution in [0.2, 0.25) is 0 Å². The fourth-order valence-electron chi connectivity index (χ4n) is 7.69. The van der Waals surface area contributed by atoms with E-state index in [1.807, 2.05) is 0 Å². The average Bonchev–Trinajstić information content (AvgIpc) is 3.54. The summed E-state index contributed by atoms with van der Waals surface area (Å²) >= 11 is 0. The Bertz CT molecular complexity index is 2380. The summed E-state index contributed by atoms with van der Waals surface area (Å²) in [6.07, 6.45) is 0. The van der Waals surface area contributed by atoms with Gasteiger partial charge in [0.15, 0.2) is 0 Å². The van der Waals surface area contributed by atoms with Gasteiger partial charge in [0.2, 0.25) is 0 Å². The van der Waals surface area contributed by atoms with Crippen molar-refractivity contribution in [1.29, 1.82) is 0 Å². The summed E-state index contributed by atoms with van der Waals surface area (Å²) < 4.78 is 11.9. The van der Waals surface area contributed by atoms with Crippen molar-refractivity contribution in [2.75, 3.05) is 0 Å². The van der Waals surface area contributed by atoms with Crippen LogP contribution in [0.1, 0.15) is 5.56 Å². The topological polar surface area (TPSA) is 19.1 Å². The van der Waals surface area contributed by atoms with Gasteiger partial charge in [-0.15, -0.1) is 0 Å². The van der Waals surface area contributed by atoms with Crippen molar-refractivity contribution < 1.29 is 4.74 Å². The van der Waals surface area contributed by atoms with Gasteiger partial charge in [-0.05, 0) is 65.3 Å². The number of fused-ring (bicyclic) bond motifs is 11. The van der Waals surface area contributed by atoms with E-state index in [1.165, 1.54) is 71.3 Å². The molecule has 41 heavy (non-hydrogen) atoms. The monoisotopic (exact) mass is 522 g/mol. The molecule has 3 nitrogen and oxygen atoms in total. The van der Waals surface area contributed by atoms with E-state index in [0.717, 1.165) is 17.2 Å². The second-order valence-corrected chi connectivity index (χ2v) is 11.3. The highest BCUT2D eigenvalue weighted by Gasteiger charge is 2.42. The first-order valence-corrected chi connectivity index (χ1v) is 14.2. The largest absolute Gasteiger partial charge is 0.456 e. The maximum Gasteiger partial charge on any atom is 0.256 e. The van der Waals surface area contributed by atoms with Crippen LogP contribution in [0, 0.1) is 6.92 Å². The number of rotatable bonds is 1. The van der Waals surface area contributed by atoms with E-state index in [4.69, 9.17) is 4.74 Å². The molecule has 0 fully saturated rings. The van der Waals surface area contributed by atoms with Crippen LogP contribution >= 0.6 is 0 Å². The van der Waals surface area contributed by atoms with Crippen LogP contribution in [0.3, 0.4) is 0 Å². The van der Waals surface area contributed by atoms with E-state index in [9.17, 15) is 0 Å². The third kappa shape index (κ3) is 2.56. The molecule has 0 atom stereocenters. The molecule has 4 heteroatoms. The molecular formula is C37H23BN2O. The van der Waals surface area contributed by atoms with Gasteiger partial charge in [-0.3, -0.25) is 0 Å². The van der Waals surface area contributed by atoms with Crippen molar-refractivity contribution >= 4 is 66.7 Å². The fraction of sp³-hybridized carbons (Fsp3) is 0.0270. The maximum atomic E-state index is 7.11. The van der Waals surface area contributed by atoms with Gasteiger partial charge in [0.25, 0.3) is 6.71 Å². The Balaban J connectivity index is 1.36. The molecule has 0 saturated carbocycles. The van der Waals surface area contributed by atoms with Gasteiger partial charge in [0, 0.05) is 27.2 Å². The first kappa shape index (κ1) is 21.6. The predicted octanol–water partition coefficient (Wildman–Crippen LogP) is 7.12. The van der Waals surface area contributed by atoms with E-state index >= 15 is 0 Å². The second kappa shape index (κ2) is 7.49. The molecule has 10 rings (SSSR count). The van der Waals surface area contributed by atoms with Gasteiger partial charge in [0.05, 0.1) is 27.8 Å². The molecule has 2 aliphatic rings. The molecule has 0 radical (unpaired) electrons. The third-order valence-corrected chi connectivity index (χ3v) is 9.27. The number of benzene rings is 6. The van der Waals surface area contributed by atoms with E-state index in [-0.39, 0.29) is 6.71 Å². The molecular weight excluding hydrogens is 499 g/mol. The van der Waals surface area contributed by atoms with Gasteiger partial charge < -0.3 is 13.9 Å². The van der Waals surface area contributed by atoms with Gasteiger partial charge in [0.1, 0.15) is 11.5 Å². The SMILES string of the molecule is Cc1cc2c3ccccc3n3c2c2c1Oc1c(cccc1-n1c4ccccc4c4ccccc41)B2c1ccccc1-3. The molecule has 0 spiro atoms. The van der Waals surface area contributed by atoms with Crippen molar-refractivity contribution in [3.63, 3.8) is 0 Å². The van der Waals surface area contributed by atoms with Crippen molar-refractivity contribution in [1.82, 2.24) is 9.13 Å². The Labute approximate surface area is 236 Å². The zero-order valence-corrected chi connectivity index (χ0v) is 22.4. The van der Waals surface area contributed by atoms with E-state index in [1.54, 1.807) is 0 Å². The van der Waals surface area contributed by atoms with Crippen molar-refractivity contribution in [3.05, 3.63) is 127 Å². The molecule has 6 aromatic carbocycles. The number of ether oxygens (including phenoxy) is 1. The van der Waals surface area contributed by atoms with Crippen molar-refractivity contribution in [2.45, 2.75) is 6.92 Å². The highest BCUT2D eigenvalue weighted by molar-refractivity contribution is 6.99. The zero-order chi connectivity index (χ0) is 26.8. The summed E-state index contributed by atoms with van der Waals surface area (Å²) in [4.78, 5) is 0. The minimum atomic E-state index is 0.0807. The molecule has 0 bridgehead atoms. The molecule has 2 aliphatic heterocycles. The Morgan fingerprint density at radius 2 is 1.07 bits per heavy atom. The normalized spacial score (nSPS) is 13.1. The zero-order valence-electron chi connectivity index (χ0n) is 22.4. The molecule has 2 aromatic heterocycles. The second-order valence-electron chi connectivity index (χ2n) is 11.3. The highest BCUT2D eigenvalue weighted by atomic mass is 16.5. The van der Waals surface area contributed by atoms with Gasteiger partial charge in [-0.2, -0.15) is 0 Å². The molecule has 8 aromatic rings. The molecule has 0 aliphatic carbocycles. The van der Waals surface area contributed by atoms with Crippen LogP contribution in [-0.4, -0.2) is 15.8 Å². The summed E-state index contributed by atoms with van der Waals surface area (Å²) in [6, 6.07) is 44.1. The van der Waals surface area contributed by atoms with Crippen LogP contribution in [0.25, 0.3) is 55.0 Å². The first-order chi connectivity index (χ1) is 20.3. The van der Waals surface area contributed by atoms with Gasteiger partial charge in [-0.25, -0.2) is 0 Å². The number of para-hydroxylation sites is 5. The molecule has 0 unspecified atom stereocenters. The Hall–Kier alpha value is -5.22. The minimum absolute atomic E-state index is 0.0807. The van der Waals surface area contributed by atoms with Crippen LogP contribution in [0.5, 0.6) is 11.5 Å². The minimum Gasteiger partial charge on any atom is -0.456 e. The van der Waals surface area contributed by atoms with Crippen LogP contribution in [-0.2, 0) is 0 Å². The summed E-state index contributed by atoms with van der Waals surface area (Å²) in [5, 5.41) is 5.08. The lowest BCUT2D eigenvalue weighted by molar-refractivity contribution is 0.482. The number of nitrogens with zero attached hydrogens (tertiary/aromatic N) is 2. The van der Waals surface area contributed by atoms with E-state index < -0.39 is 0 Å². The summed E-state index contributed by atoms with van der Waals surface area (Å²) in [7, 11) is 0. The Morgan fingerprint density at radius 3 is 1.80 bits per heavy atom. The predicted molar refractivity (Wildman–Crippen MR) is 171 cm³/mol. The average molecular weight is 522 g/mol. The fourth-order valence-corrected chi connectivity index (χ4v) is 7.69. The first-order valence-electron chi connectivity index (χ1n) is 14.2. The van der Waals surface area contributed by atoms with Crippen LogP contribution in [0.4, 0.5) is 0 Å². The molecule has 0 saturated heterocycles. The molecule has 0 amide bonds. The maximum absolute atomic E-state index is 7.11.